The first-order valence-corrected chi connectivity index (χ1v) is 7.96. The van der Waals surface area contributed by atoms with E-state index in [4.69, 9.17) is 4.74 Å². The molecular formula is C18H20N4O3. The van der Waals surface area contributed by atoms with Gasteiger partial charge in [-0.15, -0.1) is 0 Å². The summed E-state index contributed by atoms with van der Waals surface area (Å²) in [5, 5.41) is 15.2. The highest BCUT2D eigenvalue weighted by Gasteiger charge is 2.09. The number of nitrogens with zero attached hydrogens (tertiary/aromatic N) is 2. The van der Waals surface area contributed by atoms with Crippen molar-refractivity contribution in [2.75, 3.05) is 18.5 Å². The number of aliphatic hydroxyl groups excluding tert-OH is 1. The molecule has 130 valence electrons. The third-order valence-corrected chi connectivity index (χ3v) is 3.51. The molecule has 0 saturated carbocycles. The molecule has 1 aromatic carbocycles. The molecule has 0 bridgehead atoms. The van der Waals surface area contributed by atoms with Gasteiger partial charge in [0.2, 0.25) is 0 Å². The number of carbonyl (C=O) groups excluding carboxylic acids is 1. The fourth-order valence-electron chi connectivity index (χ4n) is 2.35. The van der Waals surface area contributed by atoms with E-state index in [1.807, 2.05) is 41.8 Å². The number of aryl methyl sites for hydroxylation is 1. The number of rotatable bonds is 6. The topological polar surface area (TPSA) is 87.9 Å². The van der Waals surface area contributed by atoms with Gasteiger partial charge in [0, 0.05) is 18.9 Å². The Labute approximate surface area is 145 Å². The zero-order valence-corrected chi connectivity index (χ0v) is 13.8. The lowest BCUT2D eigenvalue weighted by Gasteiger charge is -2.14. The first-order chi connectivity index (χ1) is 12.1. The zero-order valence-electron chi connectivity index (χ0n) is 13.8. The van der Waals surface area contributed by atoms with Gasteiger partial charge in [-0.05, 0) is 31.2 Å². The summed E-state index contributed by atoms with van der Waals surface area (Å²) in [6, 6.07) is 12.4. The number of pyridine rings is 1. The van der Waals surface area contributed by atoms with E-state index in [0.29, 0.717) is 11.4 Å². The van der Waals surface area contributed by atoms with Gasteiger partial charge in [0.15, 0.2) is 0 Å². The minimum absolute atomic E-state index is 0.0884. The van der Waals surface area contributed by atoms with Crippen LogP contribution in [0.25, 0.3) is 5.65 Å². The summed E-state index contributed by atoms with van der Waals surface area (Å²) in [6.07, 6.45) is 2.86. The predicted molar refractivity (Wildman–Crippen MR) is 94.9 cm³/mol. The minimum Gasteiger partial charge on any atom is -0.491 e. The lowest BCUT2D eigenvalue weighted by molar-refractivity contribution is 0.108. The summed E-state index contributed by atoms with van der Waals surface area (Å²) in [4.78, 5) is 16.3. The van der Waals surface area contributed by atoms with Crippen LogP contribution in [0.4, 0.5) is 10.5 Å². The highest BCUT2D eigenvalue weighted by Crippen LogP contribution is 2.11. The summed E-state index contributed by atoms with van der Waals surface area (Å²) >= 11 is 0. The van der Waals surface area contributed by atoms with Crippen LogP contribution >= 0.6 is 0 Å². The SMILES string of the molecule is Cc1cn2cc(NC(=O)NC[C@H](O)COc3ccccc3)ccc2n1. The molecule has 0 spiro atoms. The number of fused-ring (bicyclic) bond motifs is 1. The Kier molecular flexibility index (Phi) is 5.15. The lowest BCUT2D eigenvalue weighted by Crippen LogP contribution is -2.37. The van der Waals surface area contributed by atoms with E-state index in [9.17, 15) is 9.90 Å². The highest BCUT2D eigenvalue weighted by molar-refractivity contribution is 5.89. The number of aliphatic hydroxyl groups is 1. The number of benzene rings is 1. The third-order valence-electron chi connectivity index (χ3n) is 3.51. The monoisotopic (exact) mass is 340 g/mol. The maximum absolute atomic E-state index is 11.9. The van der Waals surface area contributed by atoms with Gasteiger partial charge < -0.3 is 24.9 Å². The van der Waals surface area contributed by atoms with Crippen molar-refractivity contribution >= 4 is 17.4 Å². The molecule has 3 rings (SSSR count). The maximum atomic E-state index is 11.9. The quantitative estimate of drug-likeness (QED) is 0.642. The molecule has 0 radical (unpaired) electrons. The number of urea groups is 1. The van der Waals surface area contributed by atoms with Crippen molar-refractivity contribution in [2.24, 2.45) is 0 Å². The second kappa shape index (κ2) is 7.67. The first kappa shape index (κ1) is 16.8. The van der Waals surface area contributed by atoms with E-state index in [1.165, 1.54) is 0 Å². The molecule has 25 heavy (non-hydrogen) atoms. The van der Waals surface area contributed by atoms with Crippen LogP contribution in [-0.2, 0) is 0 Å². The Balaban J connectivity index is 1.45. The molecule has 0 aliphatic carbocycles. The van der Waals surface area contributed by atoms with Gasteiger partial charge in [-0.1, -0.05) is 18.2 Å². The molecule has 2 heterocycles. The van der Waals surface area contributed by atoms with Crippen LogP contribution in [-0.4, -0.2) is 39.8 Å². The average molecular weight is 340 g/mol. The molecule has 3 N–H and O–H groups in total. The molecule has 0 aliphatic heterocycles. The van der Waals surface area contributed by atoms with Crippen LogP contribution in [0, 0.1) is 6.92 Å². The fourth-order valence-corrected chi connectivity index (χ4v) is 2.35. The zero-order chi connectivity index (χ0) is 17.6. The van der Waals surface area contributed by atoms with Crippen LogP contribution in [0.2, 0.25) is 0 Å². The first-order valence-electron chi connectivity index (χ1n) is 7.96. The molecule has 3 aromatic rings. The number of carbonyl (C=O) groups is 1. The Morgan fingerprint density at radius 3 is 2.84 bits per heavy atom. The molecule has 2 amide bonds. The van der Waals surface area contributed by atoms with Crippen molar-refractivity contribution in [2.45, 2.75) is 13.0 Å². The van der Waals surface area contributed by atoms with Crippen LogP contribution in [0.3, 0.4) is 0 Å². The van der Waals surface area contributed by atoms with Gasteiger partial charge in [0.25, 0.3) is 0 Å². The molecule has 2 aromatic heterocycles. The van der Waals surface area contributed by atoms with Gasteiger partial charge in [-0.3, -0.25) is 0 Å². The van der Waals surface area contributed by atoms with Crippen molar-refractivity contribution in [3.63, 3.8) is 0 Å². The van der Waals surface area contributed by atoms with Gasteiger partial charge in [0.1, 0.15) is 24.1 Å². The van der Waals surface area contributed by atoms with E-state index in [0.717, 1.165) is 11.3 Å². The number of hydrogen-bond donors (Lipinski definition) is 3. The Morgan fingerprint density at radius 1 is 1.24 bits per heavy atom. The smallest absolute Gasteiger partial charge is 0.319 e. The van der Waals surface area contributed by atoms with Crippen LogP contribution < -0.4 is 15.4 Å². The van der Waals surface area contributed by atoms with Crippen LogP contribution in [0.1, 0.15) is 5.69 Å². The van der Waals surface area contributed by atoms with Gasteiger partial charge in [0.05, 0.1) is 11.4 Å². The predicted octanol–water partition coefficient (Wildman–Crippen LogP) is 2.20. The second-order valence-electron chi connectivity index (χ2n) is 5.68. The second-order valence-corrected chi connectivity index (χ2v) is 5.68. The largest absolute Gasteiger partial charge is 0.491 e. The van der Waals surface area contributed by atoms with E-state index in [-0.39, 0.29) is 13.2 Å². The molecular weight excluding hydrogens is 320 g/mol. The Hall–Kier alpha value is -3.06. The molecule has 0 aliphatic rings. The van der Waals surface area contributed by atoms with E-state index >= 15 is 0 Å². The molecule has 7 heteroatoms. The molecule has 0 unspecified atom stereocenters. The number of ether oxygens (including phenoxy) is 1. The van der Waals surface area contributed by atoms with Gasteiger partial charge in [-0.25, -0.2) is 9.78 Å². The normalized spacial score (nSPS) is 11.9. The summed E-state index contributed by atoms with van der Waals surface area (Å²) in [5.41, 5.74) is 2.36. The number of amides is 2. The van der Waals surface area contributed by atoms with E-state index in [2.05, 4.69) is 15.6 Å². The summed E-state index contributed by atoms with van der Waals surface area (Å²) in [5.74, 6) is 0.676. The van der Waals surface area contributed by atoms with Crippen molar-refractivity contribution in [3.8, 4) is 5.75 Å². The number of anilines is 1. The van der Waals surface area contributed by atoms with Crippen molar-refractivity contribution < 1.29 is 14.6 Å². The standard InChI is InChI=1S/C18H20N4O3/c1-13-10-22-11-14(7-8-17(22)20-13)21-18(24)19-9-15(23)12-25-16-5-3-2-4-6-16/h2-8,10-11,15,23H,9,12H2,1H3,(H2,19,21,24)/t15-/m0/s1. The number of imidazole rings is 1. The molecule has 0 saturated heterocycles. The van der Waals surface area contributed by atoms with Crippen molar-refractivity contribution in [1.82, 2.24) is 14.7 Å². The van der Waals surface area contributed by atoms with Gasteiger partial charge in [-0.2, -0.15) is 0 Å². The maximum Gasteiger partial charge on any atom is 0.319 e. The number of aromatic nitrogens is 2. The Bertz CT molecular complexity index is 848. The number of nitrogens with one attached hydrogen (secondary N) is 2. The van der Waals surface area contributed by atoms with Crippen molar-refractivity contribution in [1.29, 1.82) is 0 Å². The average Bonchev–Trinajstić information content (AvgIpc) is 2.98. The molecule has 1 atom stereocenters. The third kappa shape index (κ3) is 4.71. The molecule has 7 nitrogen and oxygen atoms in total. The van der Waals surface area contributed by atoms with Crippen LogP contribution in [0.15, 0.2) is 54.9 Å². The molecule has 0 fully saturated rings. The Morgan fingerprint density at radius 2 is 2.04 bits per heavy atom. The summed E-state index contributed by atoms with van der Waals surface area (Å²) in [6.45, 7) is 2.10. The minimum atomic E-state index is -0.801. The number of hydrogen-bond acceptors (Lipinski definition) is 4. The van der Waals surface area contributed by atoms with E-state index in [1.54, 1.807) is 24.4 Å². The lowest BCUT2D eigenvalue weighted by atomic mass is 10.3. The summed E-state index contributed by atoms with van der Waals surface area (Å²) < 4.78 is 7.28. The highest BCUT2D eigenvalue weighted by atomic mass is 16.5. The van der Waals surface area contributed by atoms with Crippen LogP contribution in [0.5, 0.6) is 5.75 Å². The number of para-hydroxylation sites is 1. The fraction of sp³-hybridized carbons (Fsp3) is 0.222. The van der Waals surface area contributed by atoms with Crippen molar-refractivity contribution in [3.05, 3.63) is 60.6 Å². The van der Waals surface area contributed by atoms with Gasteiger partial charge >= 0.3 is 6.03 Å². The van der Waals surface area contributed by atoms with E-state index < -0.39 is 12.1 Å². The summed E-state index contributed by atoms with van der Waals surface area (Å²) in [7, 11) is 0.